The van der Waals surface area contributed by atoms with Gasteiger partial charge in [0, 0.05) is 37.8 Å². The van der Waals surface area contributed by atoms with Crippen molar-refractivity contribution in [1.82, 2.24) is 4.90 Å². The SMILES string of the molecule is O=[N+]([O-])c1ccccc1OCCN(CCOc1ccccc1[N+](=O)[O-])CCOc1ccccc1[N+](=O)[O-]. The third-order valence-corrected chi connectivity index (χ3v) is 5.18. The Morgan fingerprint density at radius 2 is 0.784 bits per heavy atom. The van der Waals surface area contributed by atoms with E-state index in [0.717, 1.165) is 0 Å². The molecule has 0 fully saturated rings. The van der Waals surface area contributed by atoms with Crippen LogP contribution in [0.1, 0.15) is 0 Å². The maximum atomic E-state index is 11.2. The van der Waals surface area contributed by atoms with Crippen LogP contribution in [0.3, 0.4) is 0 Å². The molecule has 0 spiro atoms. The molecule has 0 aliphatic heterocycles. The van der Waals surface area contributed by atoms with Crippen molar-refractivity contribution in [3.63, 3.8) is 0 Å². The molecule has 0 amide bonds. The van der Waals surface area contributed by atoms with Crippen LogP contribution in [0.5, 0.6) is 17.2 Å². The molecule has 0 aliphatic rings. The molecule has 13 nitrogen and oxygen atoms in total. The Hall–Kier alpha value is -4.78. The lowest BCUT2D eigenvalue weighted by molar-refractivity contribution is -0.386. The highest BCUT2D eigenvalue weighted by Crippen LogP contribution is 2.27. The van der Waals surface area contributed by atoms with Gasteiger partial charge in [0.25, 0.3) is 0 Å². The van der Waals surface area contributed by atoms with Crippen molar-refractivity contribution in [2.75, 3.05) is 39.5 Å². The first-order valence-electron chi connectivity index (χ1n) is 11.2. The smallest absolute Gasteiger partial charge is 0.310 e. The topological polar surface area (TPSA) is 160 Å². The first-order valence-corrected chi connectivity index (χ1v) is 11.2. The summed E-state index contributed by atoms with van der Waals surface area (Å²) in [6, 6.07) is 18.0. The van der Waals surface area contributed by atoms with E-state index in [4.69, 9.17) is 14.2 Å². The summed E-state index contributed by atoms with van der Waals surface area (Å²) in [6.45, 7) is 1.23. The van der Waals surface area contributed by atoms with Crippen molar-refractivity contribution in [1.29, 1.82) is 0 Å². The second-order valence-corrected chi connectivity index (χ2v) is 7.56. The van der Waals surface area contributed by atoms with E-state index in [1.54, 1.807) is 18.2 Å². The van der Waals surface area contributed by atoms with E-state index in [-0.39, 0.29) is 54.1 Å². The lowest BCUT2D eigenvalue weighted by Gasteiger charge is -2.22. The minimum Gasteiger partial charge on any atom is -0.485 e. The summed E-state index contributed by atoms with van der Waals surface area (Å²) in [5, 5.41) is 33.6. The van der Waals surface area contributed by atoms with Gasteiger partial charge >= 0.3 is 17.1 Å². The molecule has 3 rings (SSSR count). The van der Waals surface area contributed by atoms with Gasteiger partial charge in [-0.1, -0.05) is 36.4 Å². The van der Waals surface area contributed by atoms with Gasteiger partial charge in [-0.2, -0.15) is 0 Å². The van der Waals surface area contributed by atoms with Crippen molar-refractivity contribution in [3.05, 3.63) is 103 Å². The molecule has 194 valence electrons. The average Bonchev–Trinajstić information content (AvgIpc) is 2.89. The first kappa shape index (κ1) is 26.8. The van der Waals surface area contributed by atoms with E-state index in [9.17, 15) is 30.3 Å². The van der Waals surface area contributed by atoms with Crippen LogP contribution in [0.2, 0.25) is 0 Å². The zero-order valence-corrected chi connectivity index (χ0v) is 19.6. The molecular weight excluding hydrogens is 488 g/mol. The molecule has 0 radical (unpaired) electrons. The molecule has 37 heavy (non-hydrogen) atoms. The van der Waals surface area contributed by atoms with Gasteiger partial charge in [0.05, 0.1) is 14.8 Å². The van der Waals surface area contributed by atoms with E-state index < -0.39 is 14.8 Å². The van der Waals surface area contributed by atoms with Crippen LogP contribution in [0.15, 0.2) is 72.8 Å². The van der Waals surface area contributed by atoms with Crippen LogP contribution < -0.4 is 14.2 Å². The molecule has 0 aromatic heterocycles. The fourth-order valence-corrected chi connectivity index (χ4v) is 3.38. The fraction of sp³-hybridized carbons (Fsp3) is 0.250. The van der Waals surface area contributed by atoms with E-state index in [1.165, 1.54) is 54.6 Å². The lowest BCUT2D eigenvalue weighted by Crippen LogP contribution is -2.35. The molecular formula is C24H24N4O9. The van der Waals surface area contributed by atoms with Crippen molar-refractivity contribution in [2.45, 2.75) is 0 Å². The molecule has 0 aliphatic carbocycles. The summed E-state index contributed by atoms with van der Waals surface area (Å²) in [6.07, 6.45) is 0. The minimum absolute atomic E-state index is 0.0990. The summed E-state index contributed by atoms with van der Waals surface area (Å²) >= 11 is 0. The van der Waals surface area contributed by atoms with Crippen LogP contribution in [0.4, 0.5) is 17.1 Å². The van der Waals surface area contributed by atoms with Gasteiger partial charge in [0.15, 0.2) is 17.2 Å². The number of hydrogen-bond acceptors (Lipinski definition) is 10. The van der Waals surface area contributed by atoms with Gasteiger partial charge in [0.1, 0.15) is 19.8 Å². The summed E-state index contributed by atoms with van der Waals surface area (Å²) in [7, 11) is 0. The molecule has 0 heterocycles. The minimum atomic E-state index is -0.533. The van der Waals surface area contributed by atoms with Crippen molar-refractivity contribution >= 4 is 17.1 Å². The molecule has 13 heteroatoms. The van der Waals surface area contributed by atoms with Crippen LogP contribution in [-0.2, 0) is 0 Å². The summed E-state index contributed by atoms with van der Waals surface area (Å²) in [5.74, 6) is 0.374. The Labute approximate surface area is 211 Å². The molecule has 0 atom stereocenters. The largest absolute Gasteiger partial charge is 0.485 e. The van der Waals surface area contributed by atoms with Gasteiger partial charge in [-0.05, 0) is 18.2 Å². The normalized spacial score (nSPS) is 10.6. The van der Waals surface area contributed by atoms with Crippen molar-refractivity contribution < 1.29 is 29.0 Å². The third-order valence-electron chi connectivity index (χ3n) is 5.18. The lowest BCUT2D eigenvalue weighted by atomic mass is 10.3. The van der Waals surface area contributed by atoms with Gasteiger partial charge in [0.2, 0.25) is 0 Å². The maximum absolute atomic E-state index is 11.2. The second-order valence-electron chi connectivity index (χ2n) is 7.56. The van der Waals surface area contributed by atoms with Gasteiger partial charge < -0.3 is 14.2 Å². The number of hydrogen-bond donors (Lipinski definition) is 0. The van der Waals surface area contributed by atoms with Gasteiger partial charge in [-0.15, -0.1) is 0 Å². The fourth-order valence-electron chi connectivity index (χ4n) is 3.38. The van der Waals surface area contributed by atoms with Gasteiger partial charge in [-0.25, -0.2) is 0 Å². The quantitative estimate of drug-likeness (QED) is 0.213. The standard InChI is InChI=1S/C24H24N4O9/c29-26(30)19-7-1-4-10-22(19)35-16-13-25(14-17-36-23-11-5-2-8-20(23)27(31)32)15-18-37-24-12-6-3-9-21(24)28(33)34/h1-12H,13-18H2. The highest BCUT2D eigenvalue weighted by molar-refractivity contribution is 5.47. The number of nitro groups is 3. The molecule has 0 bridgehead atoms. The first-order chi connectivity index (χ1) is 17.9. The Morgan fingerprint density at radius 3 is 1.05 bits per heavy atom. The van der Waals surface area contributed by atoms with Crippen LogP contribution in [0, 0.1) is 30.3 Å². The molecule has 0 unspecified atom stereocenters. The van der Waals surface area contributed by atoms with E-state index in [0.29, 0.717) is 19.6 Å². The van der Waals surface area contributed by atoms with Crippen LogP contribution in [-0.4, -0.2) is 59.1 Å². The van der Waals surface area contributed by atoms with Crippen molar-refractivity contribution in [2.24, 2.45) is 0 Å². The van der Waals surface area contributed by atoms with Crippen molar-refractivity contribution in [3.8, 4) is 17.2 Å². The number of para-hydroxylation sites is 6. The Balaban J connectivity index is 1.62. The summed E-state index contributed by atoms with van der Waals surface area (Å²) in [5.41, 5.74) is -0.476. The van der Waals surface area contributed by atoms with Gasteiger partial charge in [-0.3, -0.25) is 35.2 Å². The maximum Gasteiger partial charge on any atom is 0.310 e. The third kappa shape index (κ3) is 7.86. The molecule has 0 N–H and O–H groups in total. The Morgan fingerprint density at radius 1 is 0.514 bits per heavy atom. The van der Waals surface area contributed by atoms with E-state index >= 15 is 0 Å². The molecule has 3 aromatic rings. The van der Waals surface area contributed by atoms with E-state index in [1.807, 2.05) is 4.90 Å². The zero-order valence-electron chi connectivity index (χ0n) is 19.6. The predicted molar refractivity (Wildman–Crippen MR) is 132 cm³/mol. The predicted octanol–water partition coefficient (Wildman–Crippen LogP) is 4.25. The summed E-state index contributed by atoms with van der Waals surface area (Å²) < 4.78 is 16.8. The highest BCUT2D eigenvalue weighted by atomic mass is 16.6. The number of rotatable bonds is 15. The second kappa shape index (κ2) is 13.3. The average molecular weight is 512 g/mol. The molecule has 0 saturated heterocycles. The van der Waals surface area contributed by atoms with Crippen LogP contribution >= 0.6 is 0 Å². The summed E-state index contributed by atoms with van der Waals surface area (Å²) in [4.78, 5) is 33.9. The molecule has 0 saturated carbocycles. The number of ether oxygens (including phenoxy) is 3. The number of benzene rings is 3. The monoisotopic (exact) mass is 512 g/mol. The Kier molecular flexibility index (Phi) is 9.67. The highest BCUT2D eigenvalue weighted by Gasteiger charge is 2.17. The number of nitro benzene ring substituents is 3. The number of nitrogens with zero attached hydrogens (tertiary/aromatic N) is 4. The molecule has 3 aromatic carbocycles. The van der Waals surface area contributed by atoms with Crippen LogP contribution in [0.25, 0.3) is 0 Å². The van der Waals surface area contributed by atoms with E-state index in [2.05, 4.69) is 0 Å². The zero-order chi connectivity index (χ0) is 26.6. The Bertz CT molecular complexity index is 1090.